The van der Waals surface area contributed by atoms with Crippen molar-refractivity contribution in [1.29, 1.82) is 0 Å². The molecule has 8 unspecified atom stereocenters. The van der Waals surface area contributed by atoms with E-state index in [-0.39, 0.29) is 0 Å². The molecule has 0 aliphatic carbocycles. The van der Waals surface area contributed by atoms with Gasteiger partial charge in [0.25, 0.3) is 0 Å². The first kappa shape index (κ1) is 26.0. The Hall–Kier alpha value is 0. The monoisotopic (exact) mass is 366 g/mol. The van der Waals surface area contributed by atoms with Crippen LogP contribution in [0, 0.1) is 47.3 Å². The van der Waals surface area contributed by atoms with Crippen LogP contribution in [-0.2, 0) is 0 Å². The standard InChI is InChI=1S/C26H54/c1-11-15-26(21(7)13-3)25(14-4)24(10)23(9)18-19(5)16-17-22(8)20(6)12-2/h19-26H,11-18H2,1-10H3. The van der Waals surface area contributed by atoms with Gasteiger partial charge in [-0.2, -0.15) is 0 Å². The third-order valence-electron chi connectivity index (χ3n) is 8.10. The smallest absolute Gasteiger partial charge is 0.0358 e. The van der Waals surface area contributed by atoms with Gasteiger partial charge in [-0.1, -0.05) is 114 Å². The summed E-state index contributed by atoms with van der Waals surface area (Å²) in [7, 11) is 0. The van der Waals surface area contributed by atoms with Gasteiger partial charge in [0.2, 0.25) is 0 Å². The largest absolute Gasteiger partial charge is 0.0654 e. The first-order chi connectivity index (χ1) is 12.2. The normalized spacial score (nSPS) is 21.5. The summed E-state index contributed by atoms with van der Waals surface area (Å²) in [6, 6.07) is 0. The third kappa shape index (κ3) is 8.79. The van der Waals surface area contributed by atoms with Crippen molar-refractivity contribution in [2.75, 3.05) is 0 Å². The van der Waals surface area contributed by atoms with E-state index in [4.69, 9.17) is 0 Å². The lowest BCUT2D eigenvalue weighted by Crippen LogP contribution is -2.30. The lowest BCUT2D eigenvalue weighted by Gasteiger charge is -2.38. The van der Waals surface area contributed by atoms with E-state index < -0.39 is 0 Å². The van der Waals surface area contributed by atoms with Crippen molar-refractivity contribution >= 4 is 0 Å². The number of hydrogen-bond donors (Lipinski definition) is 0. The molecule has 0 aromatic heterocycles. The van der Waals surface area contributed by atoms with Gasteiger partial charge in [-0.3, -0.25) is 0 Å². The molecule has 0 aromatic carbocycles. The molecule has 8 atom stereocenters. The van der Waals surface area contributed by atoms with E-state index in [9.17, 15) is 0 Å². The second-order valence-electron chi connectivity index (χ2n) is 10.0. The summed E-state index contributed by atoms with van der Waals surface area (Å²) in [5, 5.41) is 0. The molecule has 0 heteroatoms. The maximum absolute atomic E-state index is 2.57. The molecule has 0 radical (unpaired) electrons. The lowest BCUT2D eigenvalue weighted by molar-refractivity contribution is 0.113. The van der Waals surface area contributed by atoms with Gasteiger partial charge in [-0.15, -0.1) is 0 Å². The highest BCUT2D eigenvalue weighted by molar-refractivity contribution is 4.81. The maximum atomic E-state index is 2.57. The zero-order valence-electron chi connectivity index (χ0n) is 20.3. The van der Waals surface area contributed by atoms with Crippen LogP contribution in [0.1, 0.15) is 121 Å². The zero-order valence-corrected chi connectivity index (χ0v) is 20.3. The summed E-state index contributed by atoms with van der Waals surface area (Å²) >= 11 is 0. The van der Waals surface area contributed by atoms with Crippen molar-refractivity contribution < 1.29 is 0 Å². The Morgan fingerprint density at radius 1 is 0.500 bits per heavy atom. The van der Waals surface area contributed by atoms with Crippen molar-refractivity contribution in [3.05, 3.63) is 0 Å². The van der Waals surface area contributed by atoms with Crippen LogP contribution in [0.3, 0.4) is 0 Å². The van der Waals surface area contributed by atoms with E-state index in [0.29, 0.717) is 0 Å². The van der Waals surface area contributed by atoms with Gasteiger partial charge in [0.15, 0.2) is 0 Å². The quantitative estimate of drug-likeness (QED) is 0.271. The fourth-order valence-corrected chi connectivity index (χ4v) is 5.24. The van der Waals surface area contributed by atoms with E-state index in [0.717, 1.165) is 47.3 Å². The maximum Gasteiger partial charge on any atom is -0.0358 e. The summed E-state index contributed by atoms with van der Waals surface area (Å²) in [6.07, 6.45) is 11.1. The predicted octanol–water partition coefficient (Wildman–Crippen LogP) is 9.24. The van der Waals surface area contributed by atoms with Gasteiger partial charge in [-0.05, 0) is 53.8 Å². The highest BCUT2D eigenvalue weighted by Crippen LogP contribution is 2.40. The fourth-order valence-electron chi connectivity index (χ4n) is 5.24. The molecule has 0 fully saturated rings. The molecule has 0 bridgehead atoms. The van der Waals surface area contributed by atoms with Crippen LogP contribution in [0.25, 0.3) is 0 Å². The highest BCUT2D eigenvalue weighted by Gasteiger charge is 2.31. The summed E-state index contributed by atoms with van der Waals surface area (Å²) in [6.45, 7) is 24.5. The average Bonchev–Trinajstić information content (AvgIpc) is 2.64. The van der Waals surface area contributed by atoms with Crippen molar-refractivity contribution in [3.8, 4) is 0 Å². The van der Waals surface area contributed by atoms with Crippen molar-refractivity contribution in [1.82, 2.24) is 0 Å². The minimum absolute atomic E-state index is 0.859. The second-order valence-corrected chi connectivity index (χ2v) is 10.0. The lowest BCUT2D eigenvalue weighted by atomic mass is 9.67. The fraction of sp³-hybridized carbons (Fsp3) is 1.00. The zero-order chi connectivity index (χ0) is 20.3. The molecule has 0 aromatic rings. The highest BCUT2D eigenvalue weighted by atomic mass is 14.4. The predicted molar refractivity (Wildman–Crippen MR) is 122 cm³/mol. The molecule has 158 valence electrons. The summed E-state index contributed by atoms with van der Waals surface area (Å²) in [5.74, 6) is 7.08. The molecule has 0 spiro atoms. The molecular weight excluding hydrogens is 312 g/mol. The molecule has 0 nitrogen and oxygen atoms in total. The van der Waals surface area contributed by atoms with Gasteiger partial charge in [-0.25, -0.2) is 0 Å². The van der Waals surface area contributed by atoms with Gasteiger partial charge in [0.1, 0.15) is 0 Å². The van der Waals surface area contributed by atoms with E-state index in [1.165, 1.54) is 51.4 Å². The number of hydrogen-bond acceptors (Lipinski definition) is 0. The molecule has 26 heavy (non-hydrogen) atoms. The average molecular weight is 367 g/mol. The Kier molecular flexibility index (Phi) is 14.1. The molecule has 0 aliphatic heterocycles. The topological polar surface area (TPSA) is 0 Å². The third-order valence-corrected chi connectivity index (χ3v) is 8.10. The molecule has 0 saturated carbocycles. The van der Waals surface area contributed by atoms with E-state index in [1.54, 1.807) is 0 Å². The van der Waals surface area contributed by atoms with Crippen LogP contribution >= 0.6 is 0 Å². The Morgan fingerprint density at radius 3 is 1.54 bits per heavy atom. The van der Waals surface area contributed by atoms with Gasteiger partial charge >= 0.3 is 0 Å². The first-order valence-electron chi connectivity index (χ1n) is 12.2. The number of rotatable bonds is 15. The SMILES string of the molecule is CCCC(C(C)CC)C(CC)C(C)C(C)CC(C)CCC(C)C(C)CC. The molecular formula is C26H54. The minimum Gasteiger partial charge on any atom is -0.0654 e. The van der Waals surface area contributed by atoms with Gasteiger partial charge in [0.05, 0.1) is 0 Å². The van der Waals surface area contributed by atoms with Crippen LogP contribution in [-0.4, -0.2) is 0 Å². The minimum atomic E-state index is 0.859. The molecule has 0 N–H and O–H groups in total. The van der Waals surface area contributed by atoms with Crippen molar-refractivity contribution in [3.63, 3.8) is 0 Å². The van der Waals surface area contributed by atoms with Gasteiger partial charge < -0.3 is 0 Å². The molecule has 0 amide bonds. The van der Waals surface area contributed by atoms with Crippen LogP contribution in [0.4, 0.5) is 0 Å². The Labute approximate surface area is 168 Å². The molecule has 0 saturated heterocycles. The van der Waals surface area contributed by atoms with Crippen LogP contribution in [0.2, 0.25) is 0 Å². The Balaban J connectivity index is 4.70. The van der Waals surface area contributed by atoms with Crippen molar-refractivity contribution in [2.45, 2.75) is 121 Å². The van der Waals surface area contributed by atoms with Crippen LogP contribution in [0.5, 0.6) is 0 Å². The summed E-state index contributed by atoms with van der Waals surface area (Å²) in [4.78, 5) is 0. The van der Waals surface area contributed by atoms with E-state index >= 15 is 0 Å². The van der Waals surface area contributed by atoms with Gasteiger partial charge in [0, 0.05) is 0 Å². The molecule has 0 rings (SSSR count). The van der Waals surface area contributed by atoms with E-state index in [2.05, 4.69) is 69.2 Å². The second kappa shape index (κ2) is 14.1. The van der Waals surface area contributed by atoms with Crippen LogP contribution < -0.4 is 0 Å². The summed E-state index contributed by atoms with van der Waals surface area (Å²) in [5.41, 5.74) is 0. The summed E-state index contributed by atoms with van der Waals surface area (Å²) < 4.78 is 0. The molecule has 0 heterocycles. The van der Waals surface area contributed by atoms with E-state index in [1.807, 2.05) is 0 Å². The van der Waals surface area contributed by atoms with Crippen molar-refractivity contribution in [2.24, 2.45) is 47.3 Å². The first-order valence-corrected chi connectivity index (χ1v) is 12.2. The Morgan fingerprint density at radius 2 is 1.08 bits per heavy atom. The van der Waals surface area contributed by atoms with Crippen LogP contribution in [0.15, 0.2) is 0 Å². The Bertz CT molecular complexity index is 320. The molecule has 0 aliphatic rings.